The van der Waals surface area contributed by atoms with Gasteiger partial charge in [-0.25, -0.2) is 0 Å². The molecule has 1 heterocycles. The van der Waals surface area contributed by atoms with Gasteiger partial charge in [-0.1, -0.05) is 6.07 Å². The van der Waals surface area contributed by atoms with Crippen molar-refractivity contribution in [1.82, 2.24) is 0 Å². The summed E-state index contributed by atoms with van der Waals surface area (Å²) in [5, 5.41) is 8.72. The van der Waals surface area contributed by atoms with Crippen LogP contribution in [-0.2, 0) is 0 Å². The molecule has 3 nitrogen and oxygen atoms in total. The van der Waals surface area contributed by atoms with Gasteiger partial charge in [-0.15, -0.1) is 0 Å². The normalized spacial score (nSPS) is 16.8. The van der Waals surface area contributed by atoms with E-state index in [1.165, 1.54) is 5.56 Å². The van der Waals surface area contributed by atoms with Crippen molar-refractivity contribution in [3.05, 3.63) is 35.7 Å². The Morgan fingerprint density at radius 3 is 2.53 bits per heavy atom. The molecule has 15 heavy (non-hydrogen) atoms. The van der Waals surface area contributed by atoms with E-state index >= 15 is 0 Å². The number of rotatable bonds is 0. The molecule has 0 unspecified atom stereocenters. The van der Waals surface area contributed by atoms with Gasteiger partial charge >= 0.3 is 0 Å². The van der Waals surface area contributed by atoms with E-state index in [9.17, 15) is 0 Å². The van der Waals surface area contributed by atoms with Crippen molar-refractivity contribution in [2.45, 2.75) is 6.92 Å². The average Bonchev–Trinajstić information content (AvgIpc) is 2.44. The highest BCUT2D eigenvalue weighted by Gasteiger charge is 2.25. The molecule has 1 aliphatic heterocycles. The second-order valence-corrected chi connectivity index (χ2v) is 3.74. The molecule has 1 aliphatic rings. The number of fused-ring (bicyclic) bond motifs is 1. The highest BCUT2D eigenvalue weighted by molar-refractivity contribution is 5.82. The van der Waals surface area contributed by atoms with Gasteiger partial charge in [-0.05, 0) is 24.6 Å². The van der Waals surface area contributed by atoms with Gasteiger partial charge in [0.1, 0.15) is 5.82 Å². The Hall–Kier alpha value is -1.95. The van der Waals surface area contributed by atoms with Crippen LogP contribution in [0.15, 0.2) is 30.1 Å². The topological polar surface area (TPSA) is 30.3 Å². The number of aryl methyl sites for hydroxylation is 1. The maximum absolute atomic E-state index is 8.72. The smallest absolute Gasteiger partial charge is 0.123 e. The lowest BCUT2D eigenvalue weighted by atomic mass is 10.2. The van der Waals surface area contributed by atoms with E-state index in [0.717, 1.165) is 17.2 Å². The first-order valence-electron chi connectivity index (χ1n) is 4.83. The molecule has 1 aromatic carbocycles. The Balaban J connectivity index is 2.56. The van der Waals surface area contributed by atoms with Gasteiger partial charge in [0.25, 0.3) is 0 Å². The van der Waals surface area contributed by atoms with E-state index in [1.54, 1.807) is 6.08 Å². The Morgan fingerprint density at radius 2 is 1.87 bits per heavy atom. The van der Waals surface area contributed by atoms with E-state index in [1.807, 2.05) is 23.9 Å². The van der Waals surface area contributed by atoms with Crippen molar-refractivity contribution in [2.75, 3.05) is 23.9 Å². The van der Waals surface area contributed by atoms with Gasteiger partial charge in [0.15, 0.2) is 0 Å². The quantitative estimate of drug-likeness (QED) is 0.600. The van der Waals surface area contributed by atoms with Crippen molar-refractivity contribution in [2.24, 2.45) is 0 Å². The SMILES string of the molecule is Cc1ccc2c(c1)N(C)C(=CC#N)N2C. The molecule has 0 spiro atoms. The van der Waals surface area contributed by atoms with Crippen molar-refractivity contribution in [3.8, 4) is 6.07 Å². The molecular formula is C12H13N3. The number of benzene rings is 1. The fraction of sp³-hybridized carbons (Fsp3) is 0.250. The lowest BCUT2D eigenvalue weighted by Crippen LogP contribution is -2.21. The summed E-state index contributed by atoms with van der Waals surface area (Å²) in [6.45, 7) is 2.07. The lowest BCUT2D eigenvalue weighted by Gasteiger charge is -2.16. The van der Waals surface area contributed by atoms with Gasteiger partial charge in [0, 0.05) is 14.1 Å². The number of nitriles is 1. The molecule has 0 N–H and O–H groups in total. The number of nitrogens with zero attached hydrogens (tertiary/aromatic N) is 3. The van der Waals surface area contributed by atoms with Crippen LogP contribution in [0.5, 0.6) is 0 Å². The molecule has 1 aromatic rings. The first-order valence-corrected chi connectivity index (χ1v) is 4.83. The van der Waals surface area contributed by atoms with Crippen LogP contribution in [0.1, 0.15) is 5.56 Å². The third-order valence-corrected chi connectivity index (χ3v) is 2.73. The van der Waals surface area contributed by atoms with Crippen LogP contribution >= 0.6 is 0 Å². The highest BCUT2D eigenvalue weighted by Crippen LogP contribution is 2.39. The van der Waals surface area contributed by atoms with Crippen LogP contribution in [0, 0.1) is 18.3 Å². The second kappa shape index (κ2) is 3.32. The number of hydrogen-bond donors (Lipinski definition) is 0. The molecule has 0 atom stereocenters. The van der Waals surface area contributed by atoms with Crippen molar-refractivity contribution >= 4 is 11.4 Å². The number of allylic oxidation sites excluding steroid dienone is 1. The van der Waals surface area contributed by atoms with Gasteiger partial charge in [0.2, 0.25) is 0 Å². The minimum absolute atomic E-state index is 0.915. The summed E-state index contributed by atoms with van der Waals surface area (Å²) in [4.78, 5) is 4.06. The molecule has 3 heteroatoms. The van der Waals surface area contributed by atoms with Crippen LogP contribution < -0.4 is 9.80 Å². The van der Waals surface area contributed by atoms with Crippen LogP contribution in [0.2, 0.25) is 0 Å². The molecule has 76 valence electrons. The molecule has 0 aromatic heterocycles. The zero-order valence-corrected chi connectivity index (χ0v) is 9.15. The van der Waals surface area contributed by atoms with E-state index in [4.69, 9.17) is 5.26 Å². The van der Waals surface area contributed by atoms with Gasteiger partial charge in [-0.3, -0.25) is 0 Å². The summed E-state index contributed by atoms with van der Waals surface area (Å²) in [5.41, 5.74) is 3.52. The fourth-order valence-corrected chi connectivity index (χ4v) is 1.91. The minimum atomic E-state index is 0.915. The number of anilines is 2. The Kier molecular flexibility index (Phi) is 2.12. The summed E-state index contributed by atoms with van der Waals surface area (Å²) in [6.07, 6.45) is 1.56. The van der Waals surface area contributed by atoms with Crippen molar-refractivity contribution in [3.63, 3.8) is 0 Å². The maximum Gasteiger partial charge on any atom is 0.123 e. The molecule has 0 saturated carbocycles. The van der Waals surface area contributed by atoms with E-state index in [2.05, 4.69) is 31.2 Å². The van der Waals surface area contributed by atoms with E-state index < -0.39 is 0 Å². The lowest BCUT2D eigenvalue weighted by molar-refractivity contribution is 1.05. The van der Waals surface area contributed by atoms with Gasteiger partial charge in [-0.2, -0.15) is 5.26 Å². The third-order valence-electron chi connectivity index (χ3n) is 2.73. The molecule has 0 aliphatic carbocycles. The summed E-state index contributed by atoms with van der Waals surface area (Å²) >= 11 is 0. The summed E-state index contributed by atoms with van der Waals surface area (Å²) in [6, 6.07) is 8.37. The minimum Gasteiger partial charge on any atom is -0.328 e. The highest BCUT2D eigenvalue weighted by atomic mass is 15.4. The van der Waals surface area contributed by atoms with E-state index in [-0.39, 0.29) is 0 Å². The van der Waals surface area contributed by atoms with Crippen molar-refractivity contribution < 1.29 is 0 Å². The Labute approximate surface area is 89.8 Å². The molecule has 0 fully saturated rings. The third kappa shape index (κ3) is 1.35. The van der Waals surface area contributed by atoms with Gasteiger partial charge in [0.05, 0.1) is 23.5 Å². The van der Waals surface area contributed by atoms with Crippen LogP contribution in [0.3, 0.4) is 0 Å². The zero-order chi connectivity index (χ0) is 11.0. The molecular weight excluding hydrogens is 186 g/mol. The monoisotopic (exact) mass is 199 g/mol. The summed E-state index contributed by atoms with van der Waals surface area (Å²) in [5.74, 6) is 0.915. The van der Waals surface area contributed by atoms with Crippen LogP contribution in [0.25, 0.3) is 0 Å². The van der Waals surface area contributed by atoms with Crippen molar-refractivity contribution in [1.29, 1.82) is 5.26 Å². The maximum atomic E-state index is 8.72. The molecule has 0 amide bonds. The predicted octanol–water partition coefficient (Wildman–Crippen LogP) is 2.25. The largest absolute Gasteiger partial charge is 0.328 e. The predicted molar refractivity (Wildman–Crippen MR) is 61.7 cm³/mol. The molecule has 0 saturated heterocycles. The number of hydrogen-bond acceptors (Lipinski definition) is 3. The Morgan fingerprint density at radius 1 is 1.20 bits per heavy atom. The molecule has 2 rings (SSSR count). The first kappa shape index (κ1) is 9.60. The fourth-order valence-electron chi connectivity index (χ4n) is 1.91. The van der Waals surface area contributed by atoms with Crippen LogP contribution in [0.4, 0.5) is 11.4 Å². The van der Waals surface area contributed by atoms with Crippen LogP contribution in [-0.4, -0.2) is 14.1 Å². The van der Waals surface area contributed by atoms with E-state index in [0.29, 0.717) is 0 Å². The average molecular weight is 199 g/mol. The standard InChI is InChI=1S/C12H13N3/c1-9-4-5-10-11(8-9)15(3)12(6-7-13)14(10)2/h4-6,8H,1-3H3. The summed E-state index contributed by atoms with van der Waals surface area (Å²) < 4.78 is 0. The summed E-state index contributed by atoms with van der Waals surface area (Å²) in [7, 11) is 3.95. The zero-order valence-electron chi connectivity index (χ0n) is 9.15. The first-order chi connectivity index (χ1) is 7.15. The molecule has 0 bridgehead atoms. The van der Waals surface area contributed by atoms with Gasteiger partial charge < -0.3 is 9.80 Å². The Bertz CT molecular complexity index is 468. The second-order valence-electron chi connectivity index (χ2n) is 3.74. The molecule has 0 radical (unpaired) electrons.